The third-order valence-electron chi connectivity index (χ3n) is 1.93. The zero-order valence-electron chi connectivity index (χ0n) is 7.50. The van der Waals surface area contributed by atoms with Gasteiger partial charge in [-0.25, -0.2) is 4.98 Å². The number of rotatable bonds is 1. The number of benzene rings is 1. The molecule has 1 heterocycles. The highest BCUT2D eigenvalue weighted by atomic mass is 79.9. The molecule has 0 atom stereocenters. The highest BCUT2D eigenvalue weighted by Gasteiger charge is 2.07. The fourth-order valence-corrected chi connectivity index (χ4v) is 1.88. The molecule has 0 saturated carbocycles. The molecule has 3 nitrogen and oxygen atoms in total. The lowest BCUT2D eigenvalue weighted by Crippen LogP contribution is -2.09. The van der Waals surface area contributed by atoms with Gasteiger partial charge in [0.1, 0.15) is 0 Å². The van der Waals surface area contributed by atoms with E-state index in [2.05, 4.69) is 25.9 Å². The molecule has 2 rings (SSSR count). The summed E-state index contributed by atoms with van der Waals surface area (Å²) < 4.78 is 0.847. The summed E-state index contributed by atoms with van der Waals surface area (Å²) in [5, 5.41) is 0.0933. The van der Waals surface area contributed by atoms with Gasteiger partial charge in [0.05, 0.1) is 5.56 Å². The second kappa shape index (κ2) is 4.16. The predicted octanol–water partition coefficient (Wildman–Crippen LogP) is 2.85. The first-order valence-electron chi connectivity index (χ1n) is 4.18. The molecule has 2 aromatic rings. The number of hydrogen-bond acceptors (Lipinski definition) is 2. The smallest absolute Gasteiger partial charge is 0.259 e. The van der Waals surface area contributed by atoms with E-state index in [4.69, 9.17) is 11.6 Å². The van der Waals surface area contributed by atoms with Gasteiger partial charge in [-0.2, -0.15) is 0 Å². The van der Waals surface area contributed by atoms with E-state index in [1.165, 1.54) is 6.20 Å². The van der Waals surface area contributed by atoms with Crippen LogP contribution in [0.3, 0.4) is 0 Å². The maximum absolute atomic E-state index is 11.6. The lowest BCUT2D eigenvalue weighted by Gasteiger charge is -2.02. The second-order valence-corrected chi connectivity index (χ2v) is 4.11. The third-order valence-corrected chi connectivity index (χ3v) is 2.82. The van der Waals surface area contributed by atoms with E-state index in [1.807, 2.05) is 24.3 Å². The fraction of sp³-hybridized carbons (Fsp3) is 0. The molecular weight excluding hydrogens is 279 g/mol. The molecule has 1 N–H and O–H groups in total. The number of nitrogens with one attached hydrogen (secondary N) is 1. The average Bonchev–Trinajstić information content (AvgIpc) is 2.20. The first-order chi connectivity index (χ1) is 7.18. The van der Waals surface area contributed by atoms with Gasteiger partial charge in [0.2, 0.25) is 5.28 Å². The highest BCUT2D eigenvalue weighted by molar-refractivity contribution is 9.10. The van der Waals surface area contributed by atoms with Crippen molar-refractivity contribution in [3.63, 3.8) is 0 Å². The van der Waals surface area contributed by atoms with Crippen molar-refractivity contribution in [2.24, 2.45) is 0 Å². The molecule has 0 bridgehead atoms. The van der Waals surface area contributed by atoms with E-state index in [0.29, 0.717) is 5.56 Å². The number of aromatic amines is 1. The average molecular weight is 286 g/mol. The predicted molar refractivity (Wildman–Crippen MR) is 63.0 cm³/mol. The van der Waals surface area contributed by atoms with Gasteiger partial charge in [-0.3, -0.25) is 9.78 Å². The van der Waals surface area contributed by atoms with Crippen LogP contribution in [0.5, 0.6) is 0 Å². The molecule has 1 aromatic carbocycles. The zero-order chi connectivity index (χ0) is 10.8. The zero-order valence-corrected chi connectivity index (χ0v) is 9.84. The maximum Gasteiger partial charge on any atom is 0.259 e. The van der Waals surface area contributed by atoms with Crippen molar-refractivity contribution in [3.8, 4) is 11.1 Å². The van der Waals surface area contributed by atoms with Crippen LogP contribution in [0.15, 0.2) is 39.7 Å². The topological polar surface area (TPSA) is 45.8 Å². The number of aromatic nitrogens is 2. The molecule has 15 heavy (non-hydrogen) atoms. The second-order valence-electron chi connectivity index (χ2n) is 2.90. The monoisotopic (exact) mass is 284 g/mol. The molecular formula is C10H6BrClN2O. The van der Waals surface area contributed by atoms with Gasteiger partial charge in [-0.05, 0) is 17.7 Å². The van der Waals surface area contributed by atoms with Crippen molar-refractivity contribution in [2.45, 2.75) is 0 Å². The van der Waals surface area contributed by atoms with Crippen LogP contribution in [-0.2, 0) is 0 Å². The summed E-state index contributed by atoms with van der Waals surface area (Å²) in [6, 6.07) is 7.44. The minimum Gasteiger partial charge on any atom is -0.297 e. The van der Waals surface area contributed by atoms with Gasteiger partial charge >= 0.3 is 0 Å². The van der Waals surface area contributed by atoms with Crippen LogP contribution in [0.4, 0.5) is 0 Å². The van der Waals surface area contributed by atoms with Crippen molar-refractivity contribution in [3.05, 3.63) is 50.6 Å². The summed E-state index contributed by atoms with van der Waals surface area (Å²) >= 11 is 8.94. The van der Waals surface area contributed by atoms with Gasteiger partial charge in [0.15, 0.2) is 0 Å². The Balaban J connectivity index is 2.65. The number of hydrogen-bond donors (Lipinski definition) is 1. The molecule has 0 amide bonds. The van der Waals surface area contributed by atoms with Crippen LogP contribution in [0.1, 0.15) is 0 Å². The molecule has 1 aromatic heterocycles. The molecule has 0 spiro atoms. The summed E-state index contributed by atoms with van der Waals surface area (Å²) in [5.41, 5.74) is 1.04. The molecule has 0 aliphatic heterocycles. The van der Waals surface area contributed by atoms with E-state index in [-0.39, 0.29) is 10.8 Å². The van der Waals surface area contributed by atoms with E-state index < -0.39 is 0 Å². The van der Waals surface area contributed by atoms with Crippen LogP contribution >= 0.6 is 27.5 Å². The molecule has 76 valence electrons. The fourth-order valence-electron chi connectivity index (χ4n) is 1.24. The van der Waals surface area contributed by atoms with E-state index in [9.17, 15) is 4.79 Å². The Labute approximate surface area is 99.3 Å². The summed E-state index contributed by atoms with van der Waals surface area (Å²) in [6.07, 6.45) is 1.46. The third kappa shape index (κ3) is 2.11. The molecule has 0 aliphatic carbocycles. The lowest BCUT2D eigenvalue weighted by molar-refractivity contribution is 1.12. The summed E-state index contributed by atoms with van der Waals surface area (Å²) in [6.45, 7) is 0. The van der Waals surface area contributed by atoms with Crippen LogP contribution in [0.2, 0.25) is 5.28 Å². The van der Waals surface area contributed by atoms with Crippen molar-refractivity contribution in [2.75, 3.05) is 0 Å². The van der Waals surface area contributed by atoms with Gasteiger partial charge in [0.25, 0.3) is 5.56 Å². The Bertz CT molecular complexity index is 553. The van der Waals surface area contributed by atoms with Gasteiger partial charge in [-0.15, -0.1) is 0 Å². The van der Waals surface area contributed by atoms with Crippen molar-refractivity contribution in [1.29, 1.82) is 0 Å². The Morgan fingerprint density at radius 1 is 1.27 bits per heavy atom. The van der Waals surface area contributed by atoms with Crippen LogP contribution in [0, 0.1) is 0 Å². The SMILES string of the molecule is O=c1[nH]c(Cl)ncc1-c1ccccc1Br. The van der Waals surface area contributed by atoms with E-state index in [0.717, 1.165) is 10.0 Å². The Morgan fingerprint density at radius 2 is 2.00 bits per heavy atom. The number of H-pyrrole nitrogens is 1. The first-order valence-corrected chi connectivity index (χ1v) is 5.35. The molecule has 0 saturated heterocycles. The molecule has 0 fully saturated rings. The molecule has 0 aliphatic rings. The van der Waals surface area contributed by atoms with Gasteiger partial charge in [0, 0.05) is 16.2 Å². The van der Waals surface area contributed by atoms with Gasteiger partial charge < -0.3 is 0 Å². The van der Waals surface area contributed by atoms with E-state index >= 15 is 0 Å². The standard InChI is InChI=1S/C10H6BrClN2O/c11-8-4-2-1-3-6(8)7-5-13-10(12)14-9(7)15/h1-5H,(H,13,14,15). The van der Waals surface area contributed by atoms with Gasteiger partial charge in [-0.1, -0.05) is 34.1 Å². The minimum absolute atomic E-state index is 0.0933. The molecule has 5 heteroatoms. The largest absolute Gasteiger partial charge is 0.297 e. The van der Waals surface area contributed by atoms with Crippen LogP contribution in [0.25, 0.3) is 11.1 Å². The van der Waals surface area contributed by atoms with E-state index in [1.54, 1.807) is 0 Å². The summed E-state index contributed by atoms with van der Waals surface area (Å²) in [5.74, 6) is 0. The first kappa shape index (κ1) is 10.4. The molecule has 0 radical (unpaired) electrons. The van der Waals surface area contributed by atoms with Crippen molar-refractivity contribution < 1.29 is 0 Å². The van der Waals surface area contributed by atoms with Crippen molar-refractivity contribution >= 4 is 27.5 Å². The quantitative estimate of drug-likeness (QED) is 0.819. The highest BCUT2D eigenvalue weighted by Crippen LogP contribution is 2.24. The normalized spacial score (nSPS) is 10.3. The minimum atomic E-state index is -0.248. The maximum atomic E-state index is 11.6. The van der Waals surface area contributed by atoms with Crippen LogP contribution < -0.4 is 5.56 Å². The van der Waals surface area contributed by atoms with Crippen LogP contribution in [-0.4, -0.2) is 9.97 Å². The Kier molecular flexibility index (Phi) is 2.88. The Morgan fingerprint density at radius 3 is 2.67 bits per heavy atom. The molecule has 0 unspecified atom stereocenters. The lowest BCUT2D eigenvalue weighted by atomic mass is 10.1. The van der Waals surface area contributed by atoms with Crippen molar-refractivity contribution in [1.82, 2.24) is 9.97 Å². The number of nitrogens with zero attached hydrogens (tertiary/aromatic N) is 1. The Hall–Kier alpha value is -1.13. The summed E-state index contributed by atoms with van der Waals surface area (Å²) in [7, 11) is 0. The number of halogens is 2. The summed E-state index contributed by atoms with van der Waals surface area (Å²) in [4.78, 5) is 17.9.